The van der Waals surface area contributed by atoms with Gasteiger partial charge >= 0.3 is 0 Å². The highest BCUT2D eigenvalue weighted by molar-refractivity contribution is 7.87. The molecule has 1 aliphatic heterocycles. The predicted molar refractivity (Wildman–Crippen MR) is 61.0 cm³/mol. The van der Waals surface area contributed by atoms with Crippen molar-refractivity contribution in [1.29, 1.82) is 0 Å². The Morgan fingerprint density at radius 3 is 2.75 bits per heavy atom. The number of hydrogen-bond donors (Lipinski definition) is 3. The molecule has 0 atom stereocenters. The minimum Gasteiger partial charge on any atom is -0.367 e. The summed E-state index contributed by atoms with van der Waals surface area (Å²) in [4.78, 5) is 2.89. The number of piperazine rings is 1. The molecule has 0 saturated carbocycles. The van der Waals surface area contributed by atoms with Gasteiger partial charge in [0.1, 0.15) is 0 Å². The van der Waals surface area contributed by atoms with Gasteiger partial charge < -0.3 is 10.3 Å². The SMILES string of the molecule is O=S(=O)(NCc1cc[nH]c1)N1CCNCC1. The third-order valence-electron chi connectivity index (χ3n) is 2.54. The van der Waals surface area contributed by atoms with Gasteiger partial charge in [-0.2, -0.15) is 17.4 Å². The molecule has 0 unspecified atom stereocenters. The Kier molecular flexibility index (Phi) is 3.59. The maximum Gasteiger partial charge on any atom is 0.279 e. The lowest BCUT2D eigenvalue weighted by Gasteiger charge is -2.26. The molecule has 1 aromatic rings. The zero-order valence-electron chi connectivity index (χ0n) is 8.94. The molecule has 0 radical (unpaired) electrons. The summed E-state index contributed by atoms with van der Waals surface area (Å²) in [6.07, 6.45) is 3.55. The first-order valence-corrected chi connectivity index (χ1v) is 6.69. The van der Waals surface area contributed by atoms with Gasteiger partial charge in [0.15, 0.2) is 0 Å². The first kappa shape index (κ1) is 11.6. The van der Waals surface area contributed by atoms with E-state index in [1.54, 1.807) is 12.4 Å². The van der Waals surface area contributed by atoms with Gasteiger partial charge in [-0.1, -0.05) is 0 Å². The third kappa shape index (κ3) is 2.82. The largest absolute Gasteiger partial charge is 0.367 e. The summed E-state index contributed by atoms with van der Waals surface area (Å²) in [6.45, 7) is 2.82. The molecule has 90 valence electrons. The van der Waals surface area contributed by atoms with Crippen LogP contribution in [0.1, 0.15) is 5.56 Å². The lowest BCUT2D eigenvalue weighted by Crippen LogP contribution is -2.50. The fourth-order valence-corrected chi connectivity index (χ4v) is 2.81. The van der Waals surface area contributed by atoms with E-state index >= 15 is 0 Å². The topological polar surface area (TPSA) is 77.2 Å². The molecular weight excluding hydrogens is 228 g/mol. The number of H-pyrrole nitrogens is 1. The van der Waals surface area contributed by atoms with Gasteiger partial charge in [-0.15, -0.1) is 0 Å². The Morgan fingerprint density at radius 2 is 2.12 bits per heavy atom. The van der Waals surface area contributed by atoms with Gasteiger partial charge in [-0.05, 0) is 11.6 Å². The summed E-state index contributed by atoms with van der Waals surface area (Å²) in [5.41, 5.74) is 0.929. The van der Waals surface area contributed by atoms with Crippen molar-refractivity contribution in [3.63, 3.8) is 0 Å². The molecule has 7 heteroatoms. The highest BCUT2D eigenvalue weighted by Crippen LogP contribution is 2.02. The van der Waals surface area contributed by atoms with Gasteiger partial charge in [0, 0.05) is 45.1 Å². The normalized spacial score (nSPS) is 18.8. The van der Waals surface area contributed by atoms with E-state index in [1.807, 2.05) is 6.07 Å². The highest BCUT2D eigenvalue weighted by atomic mass is 32.2. The zero-order valence-corrected chi connectivity index (χ0v) is 9.76. The van der Waals surface area contributed by atoms with Crippen LogP contribution in [-0.4, -0.2) is 43.9 Å². The van der Waals surface area contributed by atoms with Crippen LogP contribution in [0, 0.1) is 0 Å². The predicted octanol–water partition coefficient (Wildman–Crippen LogP) is -0.746. The molecule has 1 fully saturated rings. The molecule has 1 aliphatic rings. The Balaban J connectivity index is 1.91. The molecule has 3 N–H and O–H groups in total. The molecule has 0 spiro atoms. The fourth-order valence-electron chi connectivity index (χ4n) is 1.62. The molecule has 2 rings (SSSR count). The van der Waals surface area contributed by atoms with Crippen LogP contribution >= 0.6 is 0 Å². The lowest BCUT2D eigenvalue weighted by molar-refractivity contribution is 0.354. The van der Waals surface area contributed by atoms with Crippen LogP contribution in [-0.2, 0) is 16.8 Å². The average molecular weight is 244 g/mol. The standard InChI is InChI=1S/C9H16N4O2S/c14-16(15,13-5-3-10-4-6-13)12-8-9-1-2-11-7-9/h1-2,7,10-12H,3-6,8H2. The fraction of sp³-hybridized carbons (Fsp3) is 0.556. The Labute approximate surface area is 95.2 Å². The Bertz CT molecular complexity index is 409. The molecule has 0 bridgehead atoms. The molecule has 1 saturated heterocycles. The summed E-state index contributed by atoms with van der Waals surface area (Å²) in [5.74, 6) is 0. The van der Waals surface area contributed by atoms with E-state index in [0.29, 0.717) is 32.7 Å². The third-order valence-corrected chi connectivity index (χ3v) is 4.09. The smallest absolute Gasteiger partial charge is 0.279 e. The molecule has 16 heavy (non-hydrogen) atoms. The molecular formula is C9H16N4O2S. The number of aromatic nitrogens is 1. The molecule has 0 aromatic carbocycles. The van der Waals surface area contributed by atoms with E-state index in [0.717, 1.165) is 5.56 Å². The van der Waals surface area contributed by atoms with Gasteiger partial charge in [0.2, 0.25) is 0 Å². The highest BCUT2D eigenvalue weighted by Gasteiger charge is 2.22. The van der Waals surface area contributed by atoms with Crippen molar-refractivity contribution < 1.29 is 8.42 Å². The molecule has 0 aliphatic carbocycles. The minimum absolute atomic E-state index is 0.329. The van der Waals surface area contributed by atoms with Gasteiger partial charge in [0.25, 0.3) is 10.2 Å². The second-order valence-electron chi connectivity index (χ2n) is 3.69. The Morgan fingerprint density at radius 1 is 1.38 bits per heavy atom. The number of nitrogens with one attached hydrogen (secondary N) is 3. The second kappa shape index (κ2) is 4.96. The minimum atomic E-state index is -3.33. The van der Waals surface area contributed by atoms with Crippen molar-refractivity contribution >= 4 is 10.2 Å². The maximum absolute atomic E-state index is 11.9. The van der Waals surface area contributed by atoms with Crippen molar-refractivity contribution in [2.75, 3.05) is 26.2 Å². The lowest BCUT2D eigenvalue weighted by atomic mass is 10.4. The summed E-state index contributed by atoms with van der Waals surface area (Å²) in [7, 11) is -3.33. The monoisotopic (exact) mass is 244 g/mol. The molecule has 6 nitrogen and oxygen atoms in total. The van der Waals surface area contributed by atoms with Gasteiger partial charge in [0.05, 0.1) is 0 Å². The van der Waals surface area contributed by atoms with E-state index in [2.05, 4.69) is 15.0 Å². The van der Waals surface area contributed by atoms with Gasteiger partial charge in [-0.25, -0.2) is 0 Å². The van der Waals surface area contributed by atoms with Crippen molar-refractivity contribution in [2.45, 2.75) is 6.54 Å². The quantitative estimate of drug-likeness (QED) is 0.652. The maximum atomic E-state index is 11.9. The van der Waals surface area contributed by atoms with Crippen LogP contribution in [0.4, 0.5) is 0 Å². The van der Waals surface area contributed by atoms with Crippen LogP contribution < -0.4 is 10.0 Å². The molecule has 1 aromatic heterocycles. The average Bonchev–Trinajstić information content (AvgIpc) is 2.81. The van der Waals surface area contributed by atoms with Crippen molar-refractivity contribution in [3.8, 4) is 0 Å². The van der Waals surface area contributed by atoms with E-state index in [1.165, 1.54) is 4.31 Å². The van der Waals surface area contributed by atoms with Crippen LogP contribution in [0.15, 0.2) is 18.5 Å². The first-order valence-electron chi connectivity index (χ1n) is 5.25. The van der Waals surface area contributed by atoms with Crippen LogP contribution in [0.3, 0.4) is 0 Å². The van der Waals surface area contributed by atoms with Crippen molar-refractivity contribution in [3.05, 3.63) is 24.0 Å². The number of rotatable bonds is 4. The van der Waals surface area contributed by atoms with Crippen LogP contribution in [0.25, 0.3) is 0 Å². The number of nitrogens with zero attached hydrogens (tertiary/aromatic N) is 1. The molecule has 0 amide bonds. The van der Waals surface area contributed by atoms with Crippen LogP contribution in [0.5, 0.6) is 0 Å². The van der Waals surface area contributed by atoms with E-state index in [4.69, 9.17) is 0 Å². The van der Waals surface area contributed by atoms with Crippen molar-refractivity contribution in [2.24, 2.45) is 0 Å². The van der Waals surface area contributed by atoms with E-state index < -0.39 is 10.2 Å². The van der Waals surface area contributed by atoms with E-state index in [9.17, 15) is 8.42 Å². The molecule has 2 heterocycles. The summed E-state index contributed by atoms with van der Waals surface area (Å²) in [6, 6.07) is 1.85. The van der Waals surface area contributed by atoms with Crippen LogP contribution in [0.2, 0.25) is 0 Å². The summed E-state index contributed by atoms with van der Waals surface area (Å²) < 4.78 is 27.8. The first-order chi connectivity index (χ1) is 7.68. The zero-order chi connectivity index (χ0) is 11.4. The Hall–Kier alpha value is -0.890. The van der Waals surface area contributed by atoms with Crippen molar-refractivity contribution in [1.82, 2.24) is 19.3 Å². The van der Waals surface area contributed by atoms with Gasteiger partial charge in [-0.3, -0.25) is 0 Å². The number of aromatic amines is 1. The van der Waals surface area contributed by atoms with E-state index in [-0.39, 0.29) is 0 Å². The summed E-state index contributed by atoms with van der Waals surface area (Å²) in [5, 5.41) is 3.12. The second-order valence-corrected chi connectivity index (χ2v) is 5.45. The number of hydrogen-bond acceptors (Lipinski definition) is 3. The summed E-state index contributed by atoms with van der Waals surface area (Å²) >= 11 is 0.